The predicted octanol–water partition coefficient (Wildman–Crippen LogP) is 3.63. The van der Waals surface area contributed by atoms with E-state index in [9.17, 15) is 13.6 Å². The monoisotopic (exact) mass is 362 g/mol. The van der Waals surface area contributed by atoms with Crippen LogP contribution in [0.2, 0.25) is 0 Å². The third kappa shape index (κ3) is 2.63. The highest BCUT2D eigenvalue weighted by atomic mass is 32.1. The van der Waals surface area contributed by atoms with E-state index in [0.29, 0.717) is 19.4 Å². The Hall–Kier alpha value is -2.28. The molecule has 1 spiro atoms. The number of thiophene rings is 1. The van der Waals surface area contributed by atoms with Gasteiger partial charge < -0.3 is 9.74 Å². The Morgan fingerprint density at radius 2 is 2.08 bits per heavy atom. The molecule has 0 N–H and O–H groups in total. The summed E-state index contributed by atoms with van der Waals surface area (Å²) in [6.07, 6.45) is 0.850. The molecule has 4 rings (SSSR count). The number of carbonyl (C=O) groups excluding carboxylic acids is 1. The normalized spacial score (nSPS) is 22.6. The molecule has 2 aromatic rings. The molecule has 7 heteroatoms. The van der Waals surface area contributed by atoms with Crippen LogP contribution in [-0.4, -0.2) is 28.7 Å². The van der Waals surface area contributed by atoms with Gasteiger partial charge in [0, 0.05) is 24.9 Å². The van der Waals surface area contributed by atoms with Crippen LogP contribution in [0.15, 0.2) is 34.8 Å². The van der Waals surface area contributed by atoms with Crippen LogP contribution in [0.4, 0.5) is 8.78 Å². The number of aryl methyl sites for hydroxylation is 1. The maximum atomic E-state index is 13.9. The van der Waals surface area contributed by atoms with Crippen molar-refractivity contribution in [3.05, 3.63) is 57.3 Å². The molecule has 0 radical (unpaired) electrons. The van der Waals surface area contributed by atoms with Crippen molar-refractivity contribution in [1.29, 1.82) is 0 Å². The lowest BCUT2D eigenvalue weighted by Gasteiger charge is -2.21. The number of hydrogen-bond donors (Lipinski definition) is 0. The van der Waals surface area contributed by atoms with Gasteiger partial charge in [-0.2, -0.15) is 0 Å². The SMILES string of the molecule is Cc1ccsc1C1=NO[C@]2(CCN(Cc3c(F)cccc3F)C2=O)C1. The number of benzene rings is 1. The molecule has 1 amide bonds. The summed E-state index contributed by atoms with van der Waals surface area (Å²) >= 11 is 1.56. The Bertz CT molecular complexity index is 859. The zero-order valence-electron chi connectivity index (χ0n) is 13.6. The van der Waals surface area contributed by atoms with Gasteiger partial charge in [-0.05, 0) is 36.1 Å². The Morgan fingerprint density at radius 1 is 1.32 bits per heavy atom. The van der Waals surface area contributed by atoms with Crippen molar-refractivity contribution in [3.63, 3.8) is 0 Å². The molecule has 1 fully saturated rings. The molecule has 0 saturated carbocycles. The number of oxime groups is 1. The van der Waals surface area contributed by atoms with E-state index in [1.165, 1.54) is 23.1 Å². The van der Waals surface area contributed by atoms with Crippen molar-refractivity contribution in [2.45, 2.75) is 31.9 Å². The van der Waals surface area contributed by atoms with Crippen LogP contribution in [-0.2, 0) is 16.2 Å². The number of halogens is 2. The highest BCUT2D eigenvalue weighted by molar-refractivity contribution is 7.12. The summed E-state index contributed by atoms with van der Waals surface area (Å²) in [7, 11) is 0. The molecule has 130 valence electrons. The molecule has 1 saturated heterocycles. The first kappa shape index (κ1) is 16.2. The van der Waals surface area contributed by atoms with Crippen molar-refractivity contribution >= 4 is 23.0 Å². The van der Waals surface area contributed by atoms with Gasteiger partial charge in [0.2, 0.25) is 5.60 Å². The van der Waals surface area contributed by atoms with Crippen molar-refractivity contribution < 1.29 is 18.4 Å². The quantitative estimate of drug-likeness (QED) is 0.837. The molecule has 1 aromatic heterocycles. The lowest BCUT2D eigenvalue weighted by atomic mass is 9.94. The van der Waals surface area contributed by atoms with E-state index < -0.39 is 17.2 Å². The average molecular weight is 362 g/mol. The lowest BCUT2D eigenvalue weighted by molar-refractivity contribution is -0.147. The minimum Gasteiger partial charge on any atom is -0.378 e. The third-order valence-corrected chi connectivity index (χ3v) is 5.85. The molecule has 0 unspecified atom stereocenters. The van der Waals surface area contributed by atoms with Crippen LogP contribution < -0.4 is 0 Å². The molecule has 25 heavy (non-hydrogen) atoms. The Morgan fingerprint density at radius 3 is 2.76 bits per heavy atom. The highest BCUT2D eigenvalue weighted by Gasteiger charge is 2.53. The van der Waals surface area contributed by atoms with E-state index in [2.05, 4.69) is 5.16 Å². The van der Waals surface area contributed by atoms with Crippen molar-refractivity contribution in [3.8, 4) is 0 Å². The van der Waals surface area contributed by atoms with E-state index in [4.69, 9.17) is 4.84 Å². The summed E-state index contributed by atoms with van der Waals surface area (Å²) in [5.41, 5.74) is 0.731. The Kier molecular flexibility index (Phi) is 3.83. The minimum absolute atomic E-state index is 0.0962. The minimum atomic E-state index is -1.03. The van der Waals surface area contributed by atoms with Crippen LogP contribution in [0.5, 0.6) is 0 Å². The average Bonchev–Trinajstić information content (AvgIpc) is 3.27. The predicted molar refractivity (Wildman–Crippen MR) is 90.4 cm³/mol. The summed E-state index contributed by atoms with van der Waals surface area (Å²) in [6, 6.07) is 5.70. The van der Waals surface area contributed by atoms with Crippen LogP contribution in [0.3, 0.4) is 0 Å². The second-order valence-corrected chi connectivity index (χ2v) is 7.33. The van der Waals surface area contributed by atoms with Crippen LogP contribution in [0, 0.1) is 18.6 Å². The van der Waals surface area contributed by atoms with Gasteiger partial charge >= 0.3 is 0 Å². The second kappa shape index (κ2) is 5.91. The molecule has 1 aromatic carbocycles. The van der Waals surface area contributed by atoms with Crippen molar-refractivity contribution in [2.75, 3.05) is 6.54 Å². The largest absolute Gasteiger partial charge is 0.378 e. The number of hydrogen-bond acceptors (Lipinski definition) is 4. The molecular weight excluding hydrogens is 346 g/mol. The van der Waals surface area contributed by atoms with E-state index in [-0.39, 0.29) is 18.0 Å². The van der Waals surface area contributed by atoms with Gasteiger partial charge in [-0.15, -0.1) is 11.3 Å². The first-order chi connectivity index (χ1) is 12.0. The first-order valence-electron chi connectivity index (χ1n) is 8.02. The van der Waals surface area contributed by atoms with Crippen molar-refractivity contribution in [2.24, 2.45) is 5.16 Å². The fourth-order valence-corrected chi connectivity index (χ4v) is 4.26. The maximum absolute atomic E-state index is 13.9. The van der Waals surface area contributed by atoms with Gasteiger partial charge in [-0.1, -0.05) is 11.2 Å². The van der Waals surface area contributed by atoms with Crippen LogP contribution >= 0.6 is 11.3 Å². The number of likely N-dealkylation sites (tertiary alicyclic amines) is 1. The van der Waals surface area contributed by atoms with Gasteiger partial charge in [0.15, 0.2) is 0 Å². The number of nitrogens with zero attached hydrogens (tertiary/aromatic N) is 2. The van der Waals surface area contributed by atoms with Crippen LogP contribution in [0.1, 0.15) is 28.8 Å². The number of amides is 1. The van der Waals surface area contributed by atoms with Gasteiger partial charge in [0.1, 0.15) is 17.3 Å². The van der Waals surface area contributed by atoms with Crippen molar-refractivity contribution in [1.82, 2.24) is 4.90 Å². The number of carbonyl (C=O) groups is 1. The summed E-state index contributed by atoms with van der Waals surface area (Å²) < 4.78 is 27.7. The molecule has 1 atom stereocenters. The van der Waals surface area contributed by atoms with E-state index in [1.807, 2.05) is 18.4 Å². The van der Waals surface area contributed by atoms with Gasteiger partial charge in [0.05, 0.1) is 11.4 Å². The van der Waals surface area contributed by atoms with E-state index in [1.54, 1.807) is 11.3 Å². The summed E-state index contributed by atoms with van der Waals surface area (Å²) in [5, 5.41) is 6.11. The molecule has 0 bridgehead atoms. The third-order valence-electron chi connectivity index (χ3n) is 4.78. The van der Waals surface area contributed by atoms with E-state index in [0.717, 1.165) is 16.2 Å². The van der Waals surface area contributed by atoms with E-state index >= 15 is 0 Å². The standard InChI is InChI=1S/C18H16F2N2O2S/c1-11-5-8-25-16(11)15-9-18(24-21-15)6-7-22(17(18)23)10-12-13(19)3-2-4-14(12)20/h2-5,8H,6-7,9-10H2,1H3/t18-/m1/s1. The summed E-state index contributed by atoms with van der Waals surface area (Å²) in [4.78, 5) is 20.9. The molecule has 2 aliphatic heterocycles. The molecular formula is C18H16F2N2O2S. The fraction of sp³-hybridized carbons (Fsp3) is 0.333. The van der Waals surface area contributed by atoms with Crippen LogP contribution in [0.25, 0.3) is 0 Å². The second-order valence-electron chi connectivity index (χ2n) is 6.41. The first-order valence-corrected chi connectivity index (χ1v) is 8.90. The van der Waals surface area contributed by atoms with Gasteiger partial charge in [0.25, 0.3) is 5.91 Å². The fourth-order valence-electron chi connectivity index (χ4n) is 3.35. The summed E-state index contributed by atoms with van der Waals surface area (Å²) in [6.45, 7) is 2.28. The Labute approximate surface area is 147 Å². The highest BCUT2D eigenvalue weighted by Crippen LogP contribution is 2.38. The topological polar surface area (TPSA) is 41.9 Å². The van der Waals surface area contributed by atoms with Gasteiger partial charge in [-0.25, -0.2) is 8.78 Å². The molecule has 0 aliphatic carbocycles. The number of rotatable bonds is 3. The Balaban J connectivity index is 1.52. The zero-order chi connectivity index (χ0) is 17.6. The zero-order valence-corrected chi connectivity index (χ0v) is 14.4. The summed E-state index contributed by atoms with van der Waals surface area (Å²) in [5.74, 6) is -1.55. The van der Waals surface area contributed by atoms with Gasteiger partial charge in [-0.3, -0.25) is 4.79 Å². The maximum Gasteiger partial charge on any atom is 0.270 e. The molecule has 4 nitrogen and oxygen atoms in total. The molecule has 2 aliphatic rings. The molecule has 3 heterocycles. The lowest BCUT2D eigenvalue weighted by Crippen LogP contribution is -2.40. The smallest absolute Gasteiger partial charge is 0.270 e.